The van der Waals surface area contributed by atoms with Gasteiger partial charge in [-0.15, -0.1) is 0 Å². The highest BCUT2D eigenvalue weighted by molar-refractivity contribution is 6.42. The molecule has 2 bridgehead atoms. The molecule has 6 rings (SSSR count). The molecule has 14 nitrogen and oxygen atoms in total. The van der Waals surface area contributed by atoms with Gasteiger partial charge in [-0.1, -0.05) is 6.92 Å². The maximum Gasteiger partial charge on any atom is 0.340 e. The monoisotopic (exact) mass is 582 g/mol. The number of rotatable bonds is 3. The summed E-state index contributed by atoms with van der Waals surface area (Å²) < 4.78 is 11.8. The van der Waals surface area contributed by atoms with Crippen molar-refractivity contribution in [2.24, 2.45) is 23.2 Å². The number of hydrogen-bond acceptors (Lipinski definition) is 12. The molecule has 4 aliphatic rings. The molecule has 42 heavy (non-hydrogen) atoms. The Labute approximate surface area is 234 Å². The van der Waals surface area contributed by atoms with Gasteiger partial charge in [-0.25, -0.2) is 9.59 Å². The molecule has 3 unspecified atom stereocenters. The highest BCUT2D eigenvalue weighted by Crippen LogP contribution is 2.69. The third-order valence-electron chi connectivity index (χ3n) is 9.37. The van der Waals surface area contributed by atoms with Gasteiger partial charge in [0.1, 0.15) is 41.1 Å². The van der Waals surface area contributed by atoms with Gasteiger partial charge in [0.15, 0.2) is 28.8 Å². The number of carboxylic acid groups (broad SMARTS) is 2. The van der Waals surface area contributed by atoms with Crippen LogP contribution >= 0.6 is 0 Å². The average molecular weight is 582 g/mol. The summed E-state index contributed by atoms with van der Waals surface area (Å²) in [6, 6.07) is 1.69. The van der Waals surface area contributed by atoms with Gasteiger partial charge in [0.05, 0.1) is 22.3 Å². The Hall–Kier alpha value is -5.14. The molecule has 2 aliphatic heterocycles. The fraction of sp³-hybridized carbons (Fsp3) is 0.357. The van der Waals surface area contributed by atoms with E-state index in [1.54, 1.807) is 0 Å². The first-order chi connectivity index (χ1) is 19.6. The number of carbonyl (C=O) groups is 6. The Balaban J connectivity index is 1.73. The molecule has 6 N–H and O–H groups in total. The van der Waals surface area contributed by atoms with E-state index in [1.165, 1.54) is 6.92 Å². The van der Waals surface area contributed by atoms with Crippen molar-refractivity contribution >= 4 is 35.1 Å². The van der Waals surface area contributed by atoms with Crippen molar-refractivity contribution in [1.29, 1.82) is 0 Å². The Morgan fingerprint density at radius 1 is 0.881 bits per heavy atom. The van der Waals surface area contributed by atoms with Crippen molar-refractivity contribution in [1.82, 2.24) is 0 Å². The fourth-order valence-electron chi connectivity index (χ4n) is 7.86. The van der Waals surface area contributed by atoms with Gasteiger partial charge in [0, 0.05) is 29.5 Å². The summed E-state index contributed by atoms with van der Waals surface area (Å²) >= 11 is 0. The number of aromatic carboxylic acids is 2. The molecule has 0 saturated heterocycles. The average Bonchev–Trinajstić information content (AvgIpc) is 2.91. The Morgan fingerprint density at radius 3 is 2.02 bits per heavy atom. The van der Waals surface area contributed by atoms with E-state index >= 15 is 0 Å². The van der Waals surface area contributed by atoms with Crippen LogP contribution in [0, 0.1) is 23.2 Å². The quantitative estimate of drug-likeness (QED) is 0.220. The number of hydrogen-bond donors (Lipinski definition) is 6. The zero-order valence-electron chi connectivity index (χ0n) is 21.8. The third-order valence-corrected chi connectivity index (χ3v) is 9.37. The lowest BCUT2D eigenvalue weighted by Crippen LogP contribution is -2.77. The van der Waals surface area contributed by atoms with Gasteiger partial charge in [-0.2, -0.15) is 0 Å². The Bertz CT molecular complexity index is 1720. The van der Waals surface area contributed by atoms with Crippen LogP contribution in [-0.4, -0.2) is 78.4 Å². The number of fused-ring (bicyclic) bond motifs is 4. The number of aromatic hydroxyl groups is 4. The molecule has 0 aromatic heterocycles. The zero-order valence-corrected chi connectivity index (χ0v) is 21.8. The number of phenols is 4. The van der Waals surface area contributed by atoms with Crippen molar-refractivity contribution < 1.29 is 68.9 Å². The lowest BCUT2D eigenvalue weighted by atomic mass is 9.37. The summed E-state index contributed by atoms with van der Waals surface area (Å²) in [5.74, 6) is -16.4. The van der Waals surface area contributed by atoms with Gasteiger partial charge < -0.3 is 40.1 Å². The summed E-state index contributed by atoms with van der Waals surface area (Å²) in [6.07, 6.45) is -2.09. The van der Waals surface area contributed by atoms with Gasteiger partial charge in [0.25, 0.3) is 0 Å². The van der Waals surface area contributed by atoms with Crippen molar-refractivity contribution in [3.8, 4) is 34.5 Å². The molecule has 2 aliphatic carbocycles. The molecular formula is C28H22O14. The minimum atomic E-state index is -2.24. The van der Waals surface area contributed by atoms with Gasteiger partial charge in [0.2, 0.25) is 11.6 Å². The van der Waals surface area contributed by atoms with E-state index in [0.29, 0.717) is 0 Å². The summed E-state index contributed by atoms with van der Waals surface area (Å²) in [7, 11) is 0. The molecule has 0 radical (unpaired) electrons. The molecule has 6 atom stereocenters. The van der Waals surface area contributed by atoms with E-state index in [-0.39, 0.29) is 5.75 Å². The first kappa shape index (κ1) is 27.1. The number of phenolic OH excluding ortho intramolecular Hbond substituents is 2. The topological polar surface area (TPSA) is 242 Å². The van der Waals surface area contributed by atoms with Crippen molar-refractivity contribution in [2.75, 3.05) is 6.61 Å². The van der Waals surface area contributed by atoms with E-state index in [9.17, 15) is 59.4 Å². The number of ether oxygens (including phenoxy) is 2. The molecular weight excluding hydrogens is 560 g/mol. The predicted molar refractivity (Wildman–Crippen MR) is 133 cm³/mol. The molecule has 2 aromatic carbocycles. The number of benzene rings is 2. The largest absolute Gasteiger partial charge is 0.504 e. The second kappa shape index (κ2) is 8.21. The summed E-state index contributed by atoms with van der Waals surface area (Å²) in [4.78, 5) is 80.0. The smallest absolute Gasteiger partial charge is 0.340 e. The van der Waals surface area contributed by atoms with Crippen molar-refractivity contribution in [3.05, 3.63) is 34.4 Å². The fourth-order valence-corrected chi connectivity index (χ4v) is 7.86. The molecule has 0 spiro atoms. The maximum absolute atomic E-state index is 14.0. The summed E-state index contributed by atoms with van der Waals surface area (Å²) in [5.41, 5.74) is -7.40. The standard InChI is InChI=1S/C28H22O14/c1-7-17-23-9(20(33)14-12(42-23)3-10(30)21(34)15(14)25(37)38)5-27(24(36)19(7)32)6-41-13-4-11(31)22(35)16(26(39)40)18(13)28(17,27)8(2)29/h3-4,7,9,17,23,30-31,34-35H,5-6H2,1-2H3,(H,37,38)(H,39,40)/t7?,9?,17-,23?,27-,28+/m1/s1. The van der Waals surface area contributed by atoms with Crippen molar-refractivity contribution in [3.63, 3.8) is 0 Å². The normalized spacial score (nSPS) is 30.6. The second-order valence-corrected chi connectivity index (χ2v) is 11.1. The van der Waals surface area contributed by atoms with Gasteiger partial charge >= 0.3 is 11.9 Å². The predicted octanol–water partition coefficient (Wildman–Crippen LogP) is 1.18. The van der Waals surface area contributed by atoms with Crippen LogP contribution in [0.3, 0.4) is 0 Å². The van der Waals surface area contributed by atoms with Crippen molar-refractivity contribution in [2.45, 2.75) is 31.8 Å². The van der Waals surface area contributed by atoms with Gasteiger partial charge in [-0.05, 0) is 13.3 Å². The van der Waals surface area contributed by atoms with Crippen LogP contribution < -0.4 is 9.47 Å². The van der Waals surface area contributed by atoms with E-state index in [0.717, 1.165) is 19.1 Å². The first-order valence-electron chi connectivity index (χ1n) is 12.7. The number of ketones is 4. The second-order valence-electron chi connectivity index (χ2n) is 11.1. The SMILES string of the molecule is CC(=O)[C@]12c3c(cc(O)c(O)c3C(=O)O)OC[C@@]13CC1C(=O)c4c(cc(O)c(O)c4C(=O)O)OC1[C@H]2C(C)C(=O)C3=O. The summed E-state index contributed by atoms with van der Waals surface area (Å²) in [5, 5.41) is 61.3. The molecule has 218 valence electrons. The van der Waals surface area contributed by atoms with Crippen LogP contribution in [0.2, 0.25) is 0 Å². The lowest BCUT2D eigenvalue weighted by molar-refractivity contribution is -0.187. The molecule has 2 fully saturated rings. The van der Waals surface area contributed by atoms with E-state index in [2.05, 4.69) is 0 Å². The van der Waals surface area contributed by atoms with Crippen LogP contribution in [0.25, 0.3) is 0 Å². The third kappa shape index (κ3) is 2.83. The van der Waals surface area contributed by atoms with E-state index in [1.807, 2.05) is 0 Å². The molecule has 0 amide bonds. The van der Waals surface area contributed by atoms with E-state index in [4.69, 9.17) is 9.47 Å². The first-order valence-corrected chi connectivity index (χ1v) is 12.7. The highest BCUT2D eigenvalue weighted by atomic mass is 16.5. The van der Waals surface area contributed by atoms with Crippen LogP contribution in [0.5, 0.6) is 34.5 Å². The molecule has 14 heteroatoms. The van der Waals surface area contributed by atoms with Crippen LogP contribution in [-0.2, 0) is 19.8 Å². The zero-order chi connectivity index (χ0) is 30.8. The number of Topliss-reactive ketones (excluding diaryl/α,β-unsaturated/α-hetero) is 4. The summed E-state index contributed by atoms with van der Waals surface area (Å²) in [6.45, 7) is 1.66. The number of carbonyl (C=O) groups excluding carboxylic acids is 4. The van der Waals surface area contributed by atoms with Crippen LogP contribution in [0.4, 0.5) is 0 Å². The van der Waals surface area contributed by atoms with Gasteiger partial charge in [-0.3, -0.25) is 19.2 Å². The molecule has 2 aromatic rings. The van der Waals surface area contributed by atoms with E-state index < -0.39 is 134 Å². The minimum absolute atomic E-state index is 0.343. The van der Waals surface area contributed by atoms with Crippen LogP contribution in [0.15, 0.2) is 12.1 Å². The lowest BCUT2D eigenvalue weighted by Gasteiger charge is -2.65. The molecule has 2 heterocycles. The number of carboxylic acids is 2. The molecule has 2 saturated carbocycles. The highest BCUT2D eigenvalue weighted by Gasteiger charge is 2.79. The van der Waals surface area contributed by atoms with Crippen LogP contribution in [0.1, 0.15) is 56.9 Å². The maximum atomic E-state index is 14.0. The minimum Gasteiger partial charge on any atom is -0.504 e. The Morgan fingerprint density at radius 2 is 1.45 bits per heavy atom. The Kier molecular flexibility index (Phi) is 5.29.